The molecule has 0 saturated carbocycles. The van der Waals surface area contributed by atoms with Crippen molar-refractivity contribution in [3.63, 3.8) is 0 Å². The van der Waals surface area contributed by atoms with Gasteiger partial charge in [0.05, 0.1) is 26.7 Å². The van der Waals surface area contributed by atoms with Crippen molar-refractivity contribution in [2.75, 3.05) is 6.54 Å². The van der Waals surface area contributed by atoms with Crippen LogP contribution in [0.25, 0.3) is 16.3 Å². The van der Waals surface area contributed by atoms with Gasteiger partial charge in [0.2, 0.25) is 5.91 Å². The molecule has 0 radical (unpaired) electrons. The van der Waals surface area contributed by atoms with Crippen LogP contribution in [0.2, 0.25) is 0 Å². The number of nitro groups is 1. The summed E-state index contributed by atoms with van der Waals surface area (Å²) < 4.78 is 1.11. The number of thiazole rings is 1. The lowest BCUT2D eigenvalue weighted by Crippen LogP contribution is -2.28. The van der Waals surface area contributed by atoms with Crippen LogP contribution >= 0.6 is 11.3 Å². The Bertz CT molecular complexity index is 1010. The number of aromatic nitrogens is 1. The Balaban J connectivity index is 1.57. The fraction of sp³-hybridized carbons (Fsp3) is 0.200. The maximum atomic E-state index is 12.7. The van der Waals surface area contributed by atoms with E-state index in [-0.39, 0.29) is 17.6 Å². The van der Waals surface area contributed by atoms with E-state index in [4.69, 9.17) is 4.98 Å². The molecule has 3 aromatic rings. The predicted molar refractivity (Wildman–Crippen MR) is 105 cm³/mol. The number of rotatable bonds is 4. The summed E-state index contributed by atoms with van der Waals surface area (Å²) in [7, 11) is 0. The highest BCUT2D eigenvalue weighted by atomic mass is 32.1. The fourth-order valence-electron chi connectivity index (χ4n) is 3.37. The minimum Gasteiger partial charge on any atom is -0.330 e. The number of nitrogens with zero attached hydrogens (tertiary/aromatic N) is 3. The van der Waals surface area contributed by atoms with Gasteiger partial charge < -0.3 is 4.90 Å². The lowest BCUT2D eigenvalue weighted by Gasteiger charge is -2.21. The Labute approximate surface area is 159 Å². The Kier molecular flexibility index (Phi) is 4.68. The molecule has 1 aliphatic heterocycles. The summed E-state index contributed by atoms with van der Waals surface area (Å²) in [6.07, 6.45) is 4.75. The first-order chi connectivity index (χ1) is 13.1. The van der Waals surface area contributed by atoms with E-state index in [2.05, 4.69) is 0 Å². The standard InChI is InChI=1S/C20H17N3O3S/c24-19(12-11-14-6-1-3-8-16(14)23(25)26)22-13-5-9-17(22)20-21-15-7-2-4-10-18(15)27-20/h1-4,6-8,10-12,17H,5,9,13H2/b12-11+/t17-/m0/s1. The highest BCUT2D eigenvalue weighted by Gasteiger charge is 2.31. The molecular formula is C20H17N3O3S. The van der Waals surface area contributed by atoms with Gasteiger partial charge in [-0.05, 0) is 37.1 Å². The zero-order valence-corrected chi connectivity index (χ0v) is 15.3. The van der Waals surface area contributed by atoms with Gasteiger partial charge in [-0.1, -0.05) is 24.3 Å². The second-order valence-corrected chi connectivity index (χ2v) is 7.42. The van der Waals surface area contributed by atoms with E-state index in [1.807, 2.05) is 29.2 Å². The van der Waals surface area contributed by atoms with Gasteiger partial charge in [0.1, 0.15) is 5.01 Å². The Morgan fingerprint density at radius 3 is 2.81 bits per heavy atom. The van der Waals surface area contributed by atoms with Crippen molar-refractivity contribution >= 4 is 39.2 Å². The zero-order valence-electron chi connectivity index (χ0n) is 14.4. The van der Waals surface area contributed by atoms with Crippen LogP contribution in [-0.4, -0.2) is 27.3 Å². The molecule has 136 valence electrons. The van der Waals surface area contributed by atoms with Gasteiger partial charge in [0.25, 0.3) is 5.69 Å². The molecule has 1 aromatic heterocycles. The van der Waals surface area contributed by atoms with E-state index in [0.717, 1.165) is 28.1 Å². The van der Waals surface area contributed by atoms with Crippen molar-refractivity contribution in [1.82, 2.24) is 9.88 Å². The molecule has 0 unspecified atom stereocenters. The van der Waals surface area contributed by atoms with E-state index < -0.39 is 4.92 Å². The van der Waals surface area contributed by atoms with Crippen LogP contribution in [0.3, 0.4) is 0 Å². The Morgan fingerprint density at radius 2 is 2.00 bits per heavy atom. The Morgan fingerprint density at radius 1 is 1.22 bits per heavy atom. The van der Waals surface area contributed by atoms with Crippen molar-refractivity contribution in [2.45, 2.75) is 18.9 Å². The maximum absolute atomic E-state index is 12.7. The molecule has 0 aliphatic carbocycles. The van der Waals surface area contributed by atoms with E-state index in [9.17, 15) is 14.9 Å². The van der Waals surface area contributed by atoms with Crippen molar-refractivity contribution in [1.29, 1.82) is 0 Å². The molecule has 27 heavy (non-hydrogen) atoms. The summed E-state index contributed by atoms with van der Waals surface area (Å²) in [6, 6.07) is 14.3. The zero-order chi connectivity index (χ0) is 18.8. The third-order valence-electron chi connectivity index (χ3n) is 4.67. The smallest absolute Gasteiger partial charge is 0.276 e. The van der Waals surface area contributed by atoms with Gasteiger partial charge in [-0.15, -0.1) is 11.3 Å². The molecule has 6 nitrogen and oxygen atoms in total. The van der Waals surface area contributed by atoms with Crippen LogP contribution in [0.1, 0.15) is 29.5 Å². The van der Waals surface area contributed by atoms with Crippen molar-refractivity contribution in [2.24, 2.45) is 0 Å². The number of nitro benzene ring substituents is 1. The normalized spacial score (nSPS) is 17.0. The summed E-state index contributed by atoms with van der Waals surface area (Å²) in [5.74, 6) is -0.144. The summed E-state index contributed by atoms with van der Waals surface area (Å²) in [5.41, 5.74) is 1.37. The van der Waals surface area contributed by atoms with E-state index in [1.54, 1.807) is 29.5 Å². The van der Waals surface area contributed by atoms with E-state index >= 15 is 0 Å². The van der Waals surface area contributed by atoms with Gasteiger partial charge >= 0.3 is 0 Å². The van der Waals surface area contributed by atoms with Gasteiger partial charge in [0.15, 0.2) is 0 Å². The van der Waals surface area contributed by atoms with Crippen molar-refractivity contribution in [3.8, 4) is 0 Å². The topological polar surface area (TPSA) is 76.3 Å². The van der Waals surface area contributed by atoms with Crippen LogP contribution < -0.4 is 0 Å². The largest absolute Gasteiger partial charge is 0.330 e. The number of para-hydroxylation sites is 2. The molecule has 1 atom stereocenters. The number of hydrogen-bond acceptors (Lipinski definition) is 5. The molecule has 4 rings (SSSR count). The minimum absolute atomic E-state index is 0.00862. The van der Waals surface area contributed by atoms with Crippen LogP contribution in [0.4, 0.5) is 5.69 Å². The number of hydrogen-bond donors (Lipinski definition) is 0. The SMILES string of the molecule is O=C(/C=C/c1ccccc1[N+](=O)[O-])N1CCC[C@H]1c1nc2ccccc2s1. The van der Waals surface area contributed by atoms with Crippen LogP contribution in [-0.2, 0) is 4.79 Å². The lowest BCUT2D eigenvalue weighted by molar-refractivity contribution is -0.385. The molecule has 7 heteroatoms. The lowest BCUT2D eigenvalue weighted by atomic mass is 10.1. The number of benzene rings is 2. The number of fused-ring (bicyclic) bond motifs is 1. The fourth-order valence-corrected chi connectivity index (χ4v) is 4.49. The van der Waals surface area contributed by atoms with E-state index in [0.29, 0.717) is 12.1 Å². The predicted octanol–water partition coefficient (Wildman–Crippen LogP) is 4.58. The molecule has 1 amide bonds. The highest BCUT2D eigenvalue weighted by Crippen LogP contribution is 2.36. The van der Waals surface area contributed by atoms with Crippen LogP contribution in [0.15, 0.2) is 54.6 Å². The quantitative estimate of drug-likeness (QED) is 0.378. The summed E-state index contributed by atoms with van der Waals surface area (Å²) in [5, 5.41) is 12.1. The monoisotopic (exact) mass is 379 g/mol. The van der Waals surface area contributed by atoms with Crippen molar-refractivity contribution < 1.29 is 9.72 Å². The second-order valence-electron chi connectivity index (χ2n) is 6.36. The molecule has 1 fully saturated rings. The number of carbonyl (C=O) groups is 1. The summed E-state index contributed by atoms with van der Waals surface area (Å²) >= 11 is 1.62. The van der Waals surface area contributed by atoms with Gasteiger partial charge in [-0.2, -0.15) is 0 Å². The third-order valence-corrected chi connectivity index (χ3v) is 5.81. The van der Waals surface area contributed by atoms with E-state index in [1.165, 1.54) is 18.2 Å². The van der Waals surface area contributed by atoms with Crippen molar-refractivity contribution in [3.05, 3.63) is 75.3 Å². The average molecular weight is 379 g/mol. The summed E-state index contributed by atoms with van der Waals surface area (Å²) in [6.45, 7) is 0.667. The third kappa shape index (κ3) is 3.46. The molecule has 1 saturated heterocycles. The highest BCUT2D eigenvalue weighted by molar-refractivity contribution is 7.18. The van der Waals surface area contributed by atoms with Crippen LogP contribution in [0, 0.1) is 10.1 Å². The van der Waals surface area contributed by atoms with Gasteiger partial charge in [-0.25, -0.2) is 4.98 Å². The molecule has 2 heterocycles. The van der Waals surface area contributed by atoms with Gasteiger partial charge in [-0.3, -0.25) is 14.9 Å². The Hall–Kier alpha value is -3.06. The minimum atomic E-state index is -0.441. The number of likely N-dealkylation sites (tertiary alicyclic amines) is 1. The maximum Gasteiger partial charge on any atom is 0.276 e. The molecule has 1 aliphatic rings. The molecule has 0 bridgehead atoms. The second kappa shape index (κ2) is 7.28. The number of carbonyl (C=O) groups excluding carboxylic acids is 1. The first-order valence-corrected chi connectivity index (χ1v) is 9.53. The van der Waals surface area contributed by atoms with Crippen LogP contribution in [0.5, 0.6) is 0 Å². The molecule has 0 spiro atoms. The first kappa shape index (κ1) is 17.4. The average Bonchev–Trinajstić information content (AvgIpc) is 3.32. The first-order valence-electron chi connectivity index (χ1n) is 8.71. The molecule has 0 N–H and O–H groups in total. The molecular weight excluding hydrogens is 362 g/mol. The van der Waals surface area contributed by atoms with Gasteiger partial charge in [0, 0.05) is 18.7 Å². The summed E-state index contributed by atoms with van der Waals surface area (Å²) in [4.78, 5) is 29.9. The molecule has 2 aromatic carbocycles. The number of amides is 1.